The molecule has 4 aliphatic heterocycles. The zero-order valence-electron chi connectivity index (χ0n) is 25.4. The smallest absolute Gasteiger partial charge is 0.350 e. The molecule has 0 aliphatic carbocycles. The van der Waals surface area contributed by atoms with E-state index in [1.165, 1.54) is 7.11 Å². The summed E-state index contributed by atoms with van der Waals surface area (Å²) in [6.45, 7) is 14.3. The van der Waals surface area contributed by atoms with Crippen LogP contribution in [0.25, 0.3) is 22.2 Å². The number of aromatic amines is 2. The van der Waals surface area contributed by atoms with Crippen LogP contribution in [0.15, 0.2) is 30.9 Å². The number of hydrogen-bond donors (Lipinski definition) is 2. The van der Waals surface area contributed by atoms with Gasteiger partial charge in [-0.2, -0.15) is 0 Å². The van der Waals surface area contributed by atoms with Crippen LogP contribution in [0.1, 0.15) is 131 Å². The van der Waals surface area contributed by atoms with E-state index in [9.17, 15) is 14.4 Å². The van der Waals surface area contributed by atoms with Crippen molar-refractivity contribution in [3.05, 3.63) is 81.7 Å². The van der Waals surface area contributed by atoms with Gasteiger partial charge < -0.3 is 19.4 Å². The number of carbonyl (C=O) groups is 3. The summed E-state index contributed by atoms with van der Waals surface area (Å²) in [4.78, 5) is 55.8. The number of nitrogens with zero attached hydrogens (tertiary/aromatic N) is 2. The maximum Gasteiger partial charge on any atom is 0.350 e. The van der Waals surface area contributed by atoms with E-state index in [-0.39, 0.29) is 41.6 Å². The van der Waals surface area contributed by atoms with Crippen molar-refractivity contribution in [3.8, 4) is 0 Å². The quantitative estimate of drug-likeness (QED) is 0.291. The third kappa shape index (κ3) is 4.49. The van der Waals surface area contributed by atoms with Crippen molar-refractivity contribution in [2.45, 2.75) is 77.6 Å². The molecule has 4 atom stereocenters. The monoisotopic (exact) mass is 580 g/mol. The molecule has 9 heteroatoms. The molecular weight excluding hydrogens is 544 g/mol. The predicted octanol–water partition coefficient (Wildman–Crippen LogP) is 6.91. The number of aryl methyl sites for hydroxylation is 1. The molecule has 222 valence electrons. The number of methoxy groups -OCH3 is 1. The Morgan fingerprint density at radius 1 is 1.00 bits per heavy atom. The minimum absolute atomic E-state index is 0.150. The van der Waals surface area contributed by atoms with Crippen molar-refractivity contribution in [1.82, 2.24) is 19.9 Å². The molecule has 0 unspecified atom stereocenters. The second kappa shape index (κ2) is 10.6. The Hall–Kier alpha value is -4.53. The van der Waals surface area contributed by atoms with E-state index in [1.807, 2.05) is 39.0 Å². The second-order valence-electron chi connectivity index (χ2n) is 11.8. The molecule has 0 radical (unpaired) electrons. The van der Waals surface area contributed by atoms with Gasteiger partial charge in [-0.3, -0.25) is 9.78 Å². The van der Waals surface area contributed by atoms with Gasteiger partial charge in [0.25, 0.3) is 0 Å². The minimum atomic E-state index is -0.752. The lowest BCUT2D eigenvalue weighted by Crippen LogP contribution is -2.21. The summed E-state index contributed by atoms with van der Waals surface area (Å²) in [5.41, 5.74) is 9.20. The van der Waals surface area contributed by atoms with Crippen molar-refractivity contribution in [2.75, 3.05) is 7.11 Å². The number of allylic oxidation sites excluding steroid dienone is 3. The Morgan fingerprint density at radius 3 is 2.44 bits per heavy atom. The van der Waals surface area contributed by atoms with E-state index in [1.54, 1.807) is 0 Å². The lowest BCUT2D eigenvalue weighted by Gasteiger charge is -2.18. The number of hydrogen-bond acceptors (Lipinski definition) is 7. The van der Waals surface area contributed by atoms with E-state index in [0.29, 0.717) is 28.8 Å². The summed E-state index contributed by atoms with van der Waals surface area (Å²) in [6.07, 6.45) is 3.30. The summed E-state index contributed by atoms with van der Waals surface area (Å²) >= 11 is 0. The van der Waals surface area contributed by atoms with Crippen molar-refractivity contribution in [3.63, 3.8) is 0 Å². The molecule has 0 spiro atoms. The maximum absolute atomic E-state index is 13.5. The largest absolute Gasteiger partial charge is 0.469 e. The number of nitrogens with one attached hydrogen (secondary N) is 2. The molecule has 0 fully saturated rings. The van der Waals surface area contributed by atoms with Gasteiger partial charge in [0.1, 0.15) is 5.56 Å². The van der Waals surface area contributed by atoms with E-state index >= 15 is 0 Å². The van der Waals surface area contributed by atoms with Crippen LogP contribution in [0.5, 0.6) is 0 Å². The molecule has 0 saturated carbocycles. The number of carbonyl (C=O) groups excluding carboxylic acids is 3. The molecule has 8 bridgehead atoms. The number of esters is 3. The highest BCUT2D eigenvalue weighted by Gasteiger charge is 2.39. The molecule has 9 nitrogen and oxygen atoms in total. The first-order valence-corrected chi connectivity index (χ1v) is 14.8. The minimum Gasteiger partial charge on any atom is -0.469 e. The van der Waals surface area contributed by atoms with Crippen LogP contribution in [0, 0.1) is 6.92 Å². The van der Waals surface area contributed by atoms with E-state index in [0.717, 1.165) is 51.6 Å². The highest BCUT2D eigenvalue weighted by molar-refractivity contribution is 6.18. The van der Waals surface area contributed by atoms with Crippen molar-refractivity contribution in [1.29, 1.82) is 0 Å². The highest BCUT2D eigenvalue weighted by atomic mass is 16.6. The fourth-order valence-electron chi connectivity index (χ4n) is 6.95. The van der Waals surface area contributed by atoms with Gasteiger partial charge in [0.2, 0.25) is 0 Å². The molecule has 6 rings (SSSR count). The van der Waals surface area contributed by atoms with Crippen LogP contribution in [-0.4, -0.2) is 45.0 Å². The van der Waals surface area contributed by atoms with Crippen LogP contribution in [0.2, 0.25) is 0 Å². The molecule has 2 N–H and O–H groups in total. The number of rotatable bonds is 5. The van der Waals surface area contributed by atoms with Crippen LogP contribution >= 0.6 is 0 Å². The van der Waals surface area contributed by atoms with Crippen LogP contribution in [0.4, 0.5) is 0 Å². The Labute approximate surface area is 250 Å². The first-order valence-electron chi connectivity index (χ1n) is 14.8. The third-order valence-corrected chi connectivity index (χ3v) is 9.55. The zero-order chi connectivity index (χ0) is 30.7. The van der Waals surface area contributed by atoms with Gasteiger partial charge in [0.15, 0.2) is 0 Å². The zero-order valence-corrected chi connectivity index (χ0v) is 25.4. The molecule has 43 heavy (non-hydrogen) atoms. The van der Waals surface area contributed by atoms with Crippen LogP contribution < -0.4 is 0 Å². The lowest BCUT2D eigenvalue weighted by molar-refractivity contribution is -0.140. The molecule has 2 aromatic heterocycles. The van der Waals surface area contributed by atoms with Gasteiger partial charge in [-0.1, -0.05) is 33.4 Å². The average Bonchev–Trinajstić information content (AvgIpc) is 3.65. The summed E-state index contributed by atoms with van der Waals surface area (Å²) in [7, 11) is 1.36. The number of H-pyrrole nitrogens is 2. The molecule has 0 amide bonds. The normalized spacial score (nSPS) is 21.9. The standard InChI is InChI=1S/C34H36N4O5/c1-8-19-15(3)22-12-24-17(5)21(10-11-28(39)42-7)31(37-24)30-32-29(33(40)43-34(30)41)18(6)25(38-32)14-27-20(9-2)16(4)23(36-27)13-26(19)35-22/h8,12-14,16-17,20-21,36,38H,1,9-11H2,2-7H3/t16-,17+,20-,21+/m1/s1. The van der Waals surface area contributed by atoms with E-state index in [2.05, 4.69) is 36.5 Å². The summed E-state index contributed by atoms with van der Waals surface area (Å²) in [5, 5.41) is 0. The number of ether oxygens (including phenoxy) is 2. The SMILES string of the molecule is C=CC1=C(C)c2cc3nc(c4c5[nH]c(cc6[nH]c(cc1n2)[C@H](C)[C@H]6CC)c(C)c5C(=O)OC4=O)[C@@H](CCC(=O)OC)[C@@H]3C. The molecule has 6 heterocycles. The van der Waals surface area contributed by atoms with E-state index < -0.39 is 11.9 Å². The van der Waals surface area contributed by atoms with Gasteiger partial charge in [-0.05, 0) is 56.0 Å². The second-order valence-corrected chi connectivity index (χ2v) is 11.8. The van der Waals surface area contributed by atoms with Gasteiger partial charge in [-0.25, -0.2) is 14.6 Å². The van der Waals surface area contributed by atoms with Gasteiger partial charge in [0, 0.05) is 58.3 Å². The van der Waals surface area contributed by atoms with E-state index in [4.69, 9.17) is 19.4 Å². The summed E-state index contributed by atoms with van der Waals surface area (Å²) in [6, 6.07) is 6.09. The van der Waals surface area contributed by atoms with Crippen molar-refractivity contribution >= 4 is 40.1 Å². The summed E-state index contributed by atoms with van der Waals surface area (Å²) < 4.78 is 10.2. The van der Waals surface area contributed by atoms with Gasteiger partial charge >= 0.3 is 17.9 Å². The lowest BCUT2D eigenvalue weighted by atomic mass is 9.85. The Balaban J connectivity index is 1.76. The molecule has 4 aliphatic rings. The molecule has 0 saturated heterocycles. The summed E-state index contributed by atoms with van der Waals surface area (Å²) in [5.74, 6) is -1.81. The number of fused-ring (bicyclic) bond motifs is 8. The fraction of sp³-hybridized carbons (Fsp3) is 0.382. The topological polar surface area (TPSA) is 127 Å². The highest BCUT2D eigenvalue weighted by Crippen LogP contribution is 2.45. The number of aromatic nitrogens is 4. The third-order valence-electron chi connectivity index (χ3n) is 9.55. The van der Waals surface area contributed by atoms with Crippen molar-refractivity contribution < 1.29 is 23.9 Å². The first kappa shape index (κ1) is 28.6. The Kier molecular flexibility index (Phi) is 7.07. The Bertz CT molecular complexity index is 1830. The molecule has 2 aromatic rings. The average molecular weight is 581 g/mol. The van der Waals surface area contributed by atoms with Gasteiger partial charge in [0.05, 0.1) is 35.3 Å². The molecular formula is C34H36N4O5. The predicted molar refractivity (Wildman–Crippen MR) is 163 cm³/mol. The van der Waals surface area contributed by atoms with Gasteiger partial charge in [-0.15, -0.1) is 0 Å². The molecule has 0 aromatic carbocycles. The van der Waals surface area contributed by atoms with Crippen LogP contribution in [0.3, 0.4) is 0 Å². The Morgan fingerprint density at radius 2 is 1.74 bits per heavy atom. The fourth-order valence-corrected chi connectivity index (χ4v) is 6.95. The maximum atomic E-state index is 13.5. The number of cyclic esters (lactones) is 2. The van der Waals surface area contributed by atoms with Crippen molar-refractivity contribution in [2.24, 2.45) is 0 Å². The first-order chi connectivity index (χ1) is 20.6. The van der Waals surface area contributed by atoms with Crippen LogP contribution in [-0.2, 0) is 14.3 Å².